The average molecular weight is 329 g/mol. The van der Waals surface area contributed by atoms with Gasteiger partial charge in [-0.15, -0.1) is 0 Å². The molecule has 0 amide bonds. The van der Waals surface area contributed by atoms with Gasteiger partial charge in [-0.2, -0.15) is 0 Å². The van der Waals surface area contributed by atoms with Gasteiger partial charge in [0.05, 0.1) is 6.61 Å². The van der Waals surface area contributed by atoms with Gasteiger partial charge in [0.1, 0.15) is 0 Å². The number of nitrogens with one attached hydrogen (secondary N) is 2. The van der Waals surface area contributed by atoms with E-state index in [1.165, 1.54) is 51.4 Å². The quantitative estimate of drug-likeness (QED) is 0.341. The molecule has 0 aromatic carbocycles. The maximum absolute atomic E-state index is 6.03. The summed E-state index contributed by atoms with van der Waals surface area (Å²) in [5.74, 6) is 0. The molecular weight excluding hydrogens is 284 g/mol. The van der Waals surface area contributed by atoms with E-state index in [-0.39, 0.29) is 17.4 Å². The van der Waals surface area contributed by atoms with Gasteiger partial charge in [0, 0.05) is 11.1 Å². The molecule has 0 spiro atoms. The lowest BCUT2D eigenvalue weighted by Crippen LogP contribution is -2.57. The van der Waals surface area contributed by atoms with Crippen LogP contribution in [-0.2, 0) is 4.74 Å². The molecule has 0 atom stereocenters. The molecule has 0 saturated heterocycles. The lowest BCUT2D eigenvalue weighted by Gasteiger charge is -2.34. The smallest absolute Gasteiger partial charge is 0.164 e. The summed E-state index contributed by atoms with van der Waals surface area (Å²) >= 11 is 0. The van der Waals surface area contributed by atoms with Gasteiger partial charge in [0.25, 0.3) is 0 Å². The molecule has 0 aliphatic rings. The van der Waals surface area contributed by atoms with Crippen molar-refractivity contribution in [3.8, 4) is 0 Å². The summed E-state index contributed by atoms with van der Waals surface area (Å²) in [6.07, 6.45) is 12.1. The summed E-state index contributed by atoms with van der Waals surface area (Å²) in [5.41, 5.74) is 0.0861. The molecular formula is C20H44N2O. The number of unbranched alkanes of at least 4 members (excludes halogenated alkanes) is 8. The highest BCUT2D eigenvalue weighted by atomic mass is 16.5. The standard InChI is InChI=1S/C20H44N2O/c1-8-9-10-11-12-13-14-15-16-17-23-18(21-19(2,3)4)22-20(5,6)7/h18,21-22H,8-17H2,1-7H3. The molecule has 0 heterocycles. The zero-order valence-electron chi connectivity index (χ0n) is 17.1. The second kappa shape index (κ2) is 12.3. The Morgan fingerprint density at radius 1 is 0.652 bits per heavy atom. The molecule has 0 unspecified atom stereocenters. The molecule has 23 heavy (non-hydrogen) atoms. The molecule has 0 rings (SSSR count). The van der Waals surface area contributed by atoms with Gasteiger partial charge in [-0.3, -0.25) is 10.6 Å². The van der Waals surface area contributed by atoms with Crippen LogP contribution in [0.4, 0.5) is 0 Å². The summed E-state index contributed by atoms with van der Waals surface area (Å²) in [6, 6.07) is 0. The zero-order valence-corrected chi connectivity index (χ0v) is 17.1. The largest absolute Gasteiger partial charge is 0.350 e. The van der Waals surface area contributed by atoms with E-state index in [2.05, 4.69) is 59.1 Å². The van der Waals surface area contributed by atoms with E-state index in [0.29, 0.717) is 0 Å². The van der Waals surface area contributed by atoms with E-state index in [0.717, 1.165) is 13.0 Å². The van der Waals surface area contributed by atoms with E-state index >= 15 is 0 Å². The van der Waals surface area contributed by atoms with E-state index in [4.69, 9.17) is 4.74 Å². The highest BCUT2D eigenvalue weighted by molar-refractivity contribution is 4.77. The van der Waals surface area contributed by atoms with Crippen LogP contribution < -0.4 is 10.6 Å². The first-order valence-corrected chi connectivity index (χ1v) is 9.81. The van der Waals surface area contributed by atoms with Gasteiger partial charge in [0.2, 0.25) is 0 Å². The van der Waals surface area contributed by atoms with Crippen molar-refractivity contribution in [2.24, 2.45) is 0 Å². The van der Waals surface area contributed by atoms with Crippen molar-refractivity contribution < 1.29 is 4.74 Å². The van der Waals surface area contributed by atoms with Crippen LogP contribution in [0.15, 0.2) is 0 Å². The monoisotopic (exact) mass is 328 g/mol. The van der Waals surface area contributed by atoms with Crippen molar-refractivity contribution in [1.82, 2.24) is 10.6 Å². The van der Waals surface area contributed by atoms with Gasteiger partial charge in [-0.1, -0.05) is 58.3 Å². The minimum absolute atomic E-state index is 0.0431. The summed E-state index contributed by atoms with van der Waals surface area (Å²) in [5, 5.41) is 7.02. The fourth-order valence-corrected chi connectivity index (χ4v) is 2.52. The Morgan fingerprint density at radius 3 is 1.43 bits per heavy atom. The third-order valence-electron chi connectivity index (χ3n) is 3.66. The first-order chi connectivity index (χ1) is 10.6. The first kappa shape index (κ1) is 22.9. The van der Waals surface area contributed by atoms with Crippen LogP contribution in [0.1, 0.15) is 106 Å². The molecule has 0 aromatic rings. The van der Waals surface area contributed by atoms with Crippen LogP contribution in [0, 0.1) is 0 Å². The third kappa shape index (κ3) is 18.1. The number of ether oxygens (including phenoxy) is 1. The Morgan fingerprint density at radius 2 is 1.04 bits per heavy atom. The van der Waals surface area contributed by atoms with E-state index in [1.807, 2.05) is 0 Å². The minimum atomic E-state index is -0.0796. The molecule has 0 bridgehead atoms. The summed E-state index contributed by atoms with van der Waals surface area (Å²) in [4.78, 5) is 0. The molecule has 0 aliphatic carbocycles. The SMILES string of the molecule is CCCCCCCCCCCOC(NC(C)(C)C)NC(C)(C)C. The van der Waals surface area contributed by atoms with Crippen LogP contribution in [0.3, 0.4) is 0 Å². The van der Waals surface area contributed by atoms with Gasteiger partial charge in [0.15, 0.2) is 6.35 Å². The van der Waals surface area contributed by atoms with Gasteiger partial charge in [-0.05, 0) is 48.0 Å². The van der Waals surface area contributed by atoms with Crippen molar-refractivity contribution in [1.29, 1.82) is 0 Å². The molecule has 2 N–H and O–H groups in total. The summed E-state index contributed by atoms with van der Waals surface area (Å²) < 4.78 is 6.03. The topological polar surface area (TPSA) is 33.3 Å². The second-order valence-corrected chi connectivity index (χ2v) is 8.87. The molecule has 3 heteroatoms. The fraction of sp³-hybridized carbons (Fsp3) is 1.00. The number of hydrogen-bond donors (Lipinski definition) is 2. The van der Waals surface area contributed by atoms with Crippen LogP contribution >= 0.6 is 0 Å². The second-order valence-electron chi connectivity index (χ2n) is 8.87. The molecule has 0 radical (unpaired) electrons. The van der Waals surface area contributed by atoms with Crippen LogP contribution in [0.2, 0.25) is 0 Å². The fourth-order valence-electron chi connectivity index (χ4n) is 2.52. The molecule has 3 nitrogen and oxygen atoms in total. The Labute approximate surface area is 146 Å². The predicted octanol–water partition coefficient (Wildman–Crippen LogP) is 5.59. The molecule has 0 saturated carbocycles. The Kier molecular flexibility index (Phi) is 12.2. The molecule has 0 fully saturated rings. The zero-order chi connectivity index (χ0) is 17.8. The number of hydrogen-bond acceptors (Lipinski definition) is 3. The van der Waals surface area contributed by atoms with Crippen LogP contribution in [0.25, 0.3) is 0 Å². The Hall–Kier alpha value is -0.120. The van der Waals surface area contributed by atoms with Crippen molar-refractivity contribution >= 4 is 0 Å². The van der Waals surface area contributed by atoms with Crippen molar-refractivity contribution in [3.63, 3.8) is 0 Å². The van der Waals surface area contributed by atoms with Gasteiger partial charge < -0.3 is 4.74 Å². The predicted molar refractivity (Wildman–Crippen MR) is 103 cm³/mol. The molecule has 140 valence electrons. The third-order valence-corrected chi connectivity index (χ3v) is 3.66. The van der Waals surface area contributed by atoms with Gasteiger partial charge in [-0.25, -0.2) is 0 Å². The van der Waals surface area contributed by atoms with Crippen molar-refractivity contribution in [3.05, 3.63) is 0 Å². The maximum atomic E-state index is 6.03. The summed E-state index contributed by atoms with van der Waals surface area (Å²) in [6.45, 7) is 16.1. The van der Waals surface area contributed by atoms with E-state index < -0.39 is 0 Å². The summed E-state index contributed by atoms with van der Waals surface area (Å²) in [7, 11) is 0. The van der Waals surface area contributed by atoms with Crippen LogP contribution in [-0.4, -0.2) is 24.0 Å². The lowest BCUT2D eigenvalue weighted by molar-refractivity contribution is -0.0260. The maximum Gasteiger partial charge on any atom is 0.164 e. The molecule has 0 aliphatic heterocycles. The Bertz CT molecular complexity index is 250. The number of rotatable bonds is 13. The van der Waals surface area contributed by atoms with Gasteiger partial charge >= 0.3 is 0 Å². The van der Waals surface area contributed by atoms with Crippen LogP contribution in [0.5, 0.6) is 0 Å². The molecule has 0 aromatic heterocycles. The lowest BCUT2D eigenvalue weighted by atomic mass is 10.1. The van der Waals surface area contributed by atoms with E-state index in [1.54, 1.807) is 0 Å². The highest BCUT2D eigenvalue weighted by Gasteiger charge is 2.22. The minimum Gasteiger partial charge on any atom is -0.350 e. The van der Waals surface area contributed by atoms with E-state index in [9.17, 15) is 0 Å². The van der Waals surface area contributed by atoms with Crippen molar-refractivity contribution in [2.75, 3.05) is 6.61 Å². The first-order valence-electron chi connectivity index (χ1n) is 9.81. The van der Waals surface area contributed by atoms with Crippen molar-refractivity contribution in [2.45, 2.75) is 124 Å². The normalized spacial score (nSPS) is 13.0. The average Bonchev–Trinajstić information content (AvgIpc) is 2.37. The highest BCUT2D eigenvalue weighted by Crippen LogP contribution is 2.10. The Balaban J connectivity index is 3.74.